The van der Waals surface area contributed by atoms with Gasteiger partial charge in [0.15, 0.2) is 0 Å². The first kappa shape index (κ1) is 17.8. The van der Waals surface area contributed by atoms with Crippen LogP contribution >= 0.6 is 0 Å². The first-order valence-corrected chi connectivity index (χ1v) is 9.60. The van der Waals surface area contributed by atoms with E-state index in [1.165, 1.54) is 16.5 Å². The molecule has 27 heavy (non-hydrogen) atoms. The van der Waals surface area contributed by atoms with Crippen LogP contribution < -0.4 is 9.64 Å². The number of aliphatic hydroxyl groups excluding tert-OH is 1. The third kappa shape index (κ3) is 4.59. The van der Waals surface area contributed by atoms with E-state index in [-0.39, 0.29) is 0 Å². The quantitative estimate of drug-likeness (QED) is 0.729. The van der Waals surface area contributed by atoms with Gasteiger partial charge in [-0.1, -0.05) is 48.5 Å². The van der Waals surface area contributed by atoms with Crippen molar-refractivity contribution in [3.63, 3.8) is 0 Å². The lowest BCUT2D eigenvalue weighted by atomic mass is 10.1. The van der Waals surface area contributed by atoms with E-state index in [1.807, 2.05) is 30.3 Å². The number of hydrogen-bond donors (Lipinski definition) is 1. The standard InChI is InChI=1S/C23H26N2O2/c26-22(18-27-23-8-2-1-3-9-23)17-24-12-14-25(15-13-24)21-11-10-19-6-4-5-7-20(19)16-21/h1-11,16,22,26H,12-15,17-18H2. The molecular formula is C23H26N2O2. The molecule has 0 amide bonds. The molecule has 0 bridgehead atoms. The molecule has 0 spiro atoms. The Morgan fingerprint density at radius 2 is 1.52 bits per heavy atom. The summed E-state index contributed by atoms with van der Waals surface area (Å²) in [4.78, 5) is 4.74. The molecule has 0 radical (unpaired) electrons. The van der Waals surface area contributed by atoms with Crippen LogP contribution in [-0.4, -0.2) is 55.4 Å². The Labute approximate surface area is 160 Å². The van der Waals surface area contributed by atoms with E-state index < -0.39 is 6.10 Å². The Morgan fingerprint density at radius 1 is 0.815 bits per heavy atom. The number of fused-ring (bicyclic) bond motifs is 1. The highest BCUT2D eigenvalue weighted by Gasteiger charge is 2.20. The van der Waals surface area contributed by atoms with Crippen LogP contribution in [0.1, 0.15) is 0 Å². The summed E-state index contributed by atoms with van der Waals surface area (Å²) in [6.07, 6.45) is -0.475. The van der Waals surface area contributed by atoms with Crippen molar-refractivity contribution >= 4 is 16.5 Å². The lowest BCUT2D eigenvalue weighted by Gasteiger charge is -2.37. The highest BCUT2D eigenvalue weighted by atomic mass is 16.5. The molecule has 140 valence electrons. The molecule has 1 N–H and O–H groups in total. The number of piperazine rings is 1. The number of hydrogen-bond acceptors (Lipinski definition) is 4. The second-order valence-corrected chi connectivity index (χ2v) is 7.10. The highest BCUT2D eigenvalue weighted by molar-refractivity contribution is 5.85. The fourth-order valence-electron chi connectivity index (χ4n) is 3.62. The van der Waals surface area contributed by atoms with Crippen molar-refractivity contribution in [2.45, 2.75) is 6.10 Å². The summed E-state index contributed by atoms with van der Waals surface area (Å²) < 4.78 is 5.65. The van der Waals surface area contributed by atoms with Gasteiger partial charge in [0.05, 0.1) is 0 Å². The molecule has 1 aliphatic heterocycles. The SMILES string of the molecule is OC(COc1ccccc1)CN1CCN(c2ccc3ccccc3c2)CC1. The maximum absolute atomic E-state index is 10.3. The van der Waals surface area contributed by atoms with Gasteiger partial charge in [0.25, 0.3) is 0 Å². The van der Waals surface area contributed by atoms with E-state index in [9.17, 15) is 5.11 Å². The molecule has 4 heteroatoms. The molecule has 4 rings (SSSR count). The summed E-state index contributed by atoms with van der Waals surface area (Å²) in [6.45, 7) is 4.84. The van der Waals surface area contributed by atoms with Crippen molar-refractivity contribution in [2.75, 3.05) is 44.2 Å². The average molecular weight is 362 g/mol. The number of β-amino-alcohol motifs (C(OH)–C–C–N with tert-alkyl or cyclic N) is 1. The molecule has 1 aliphatic rings. The van der Waals surface area contributed by atoms with Gasteiger partial charge in [-0.3, -0.25) is 4.90 Å². The number of ether oxygens (including phenoxy) is 1. The molecule has 3 aromatic rings. The molecule has 1 saturated heterocycles. The lowest BCUT2D eigenvalue weighted by Crippen LogP contribution is -2.49. The number of benzene rings is 3. The zero-order valence-electron chi connectivity index (χ0n) is 15.5. The van der Waals surface area contributed by atoms with E-state index >= 15 is 0 Å². The number of aliphatic hydroxyl groups is 1. The molecule has 0 aromatic heterocycles. The normalized spacial score (nSPS) is 16.4. The third-order valence-corrected chi connectivity index (χ3v) is 5.13. The largest absolute Gasteiger partial charge is 0.491 e. The smallest absolute Gasteiger partial charge is 0.119 e. The third-order valence-electron chi connectivity index (χ3n) is 5.13. The van der Waals surface area contributed by atoms with Gasteiger partial charge >= 0.3 is 0 Å². The van der Waals surface area contributed by atoms with Gasteiger partial charge in [-0.05, 0) is 35.0 Å². The first-order valence-electron chi connectivity index (χ1n) is 9.60. The maximum Gasteiger partial charge on any atom is 0.119 e. The summed E-state index contributed by atoms with van der Waals surface area (Å²) in [5.74, 6) is 0.803. The Morgan fingerprint density at radius 3 is 2.30 bits per heavy atom. The Hall–Kier alpha value is -2.56. The van der Waals surface area contributed by atoms with E-state index in [1.54, 1.807) is 0 Å². The number of rotatable bonds is 6. The van der Waals surface area contributed by atoms with Crippen molar-refractivity contribution in [1.29, 1.82) is 0 Å². The van der Waals surface area contributed by atoms with Crippen LogP contribution in [0.15, 0.2) is 72.8 Å². The van der Waals surface area contributed by atoms with Crippen LogP contribution in [0.3, 0.4) is 0 Å². The first-order chi connectivity index (χ1) is 13.3. The van der Waals surface area contributed by atoms with Gasteiger partial charge in [-0.15, -0.1) is 0 Å². The van der Waals surface area contributed by atoms with Crippen molar-refractivity contribution in [3.8, 4) is 5.75 Å². The summed E-state index contributed by atoms with van der Waals surface area (Å²) in [5, 5.41) is 12.8. The summed E-state index contributed by atoms with van der Waals surface area (Å²) >= 11 is 0. The topological polar surface area (TPSA) is 35.9 Å². The molecule has 4 nitrogen and oxygen atoms in total. The fraction of sp³-hybridized carbons (Fsp3) is 0.304. The van der Waals surface area contributed by atoms with Gasteiger partial charge in [0.1, 0.15) is 18.5 Å². The maximum atomic E-state index is 10.3. The molecule has 3 aromatic carbocycles. The Bertz CT molecular complexity index is 860. The van der Waals surface area contributed by atoms with E-state index in [4.69, 9.17) is 4.74 Å². The molecule has 0 saturated carbocycles. The van der Waals surface area contributed by atoms with E-state index in [0.29, 0.717) is 13.2 Å². The van der Waals surface area contributed by atoms with Crippen molar-refractivity contribution in [3.05, 3.63) is 72.8 Å². The minimum Gasteiger partial charge on any atom is -0.491 e. The second kappa shape index (κ2) is 8.42. The summed E-state index contributed by atoms with van der Waals surface area (Å²) in [5.41, 5.74) is 1.28. The predicted octanol–water partition coefficient (Wildman–Crippen LogP) is 3.40. The molecule has 0 aliphatic carbocycles. The van der Waals surface area contributed by atoms with Crippen molar-refractivity contribution < 1.29 is 9.84 Å². The molecule has 1 atom stereocenters. The average Bonchev–Trinajstić information content (AvgIpc) is 2.73. The van der Waals surface area contributed by atoms with Gasteiger partial charge in [0, 0.05) is 38.4 Å². The number of nitrogens with zero attached hydrogens (tertiary/aromatic N) is 2. The zero-order valence-corrected chi connectivity index (χ0v) is 15.5. The van der Waals surface area contributed by atoms with Crippen LogP contribution in [0.4, 0.5) is 5.69 Å². The Balaban J connectivity index is 1.26. The summed E-state index contributed by atoms with van der Waals surface area (Å²) in [7, 11) is 0. The second-order valence-electron chi connectivity index (χ2n) is 7.10. The van der Waals surface area contributed by atoms with Crippen molar-refractivity contribution in [1.82, 2.24) is 4.90 Å². The summed E-state index contributed by atoms with van der Waals surface area (Å²) in [6, 6.07) is 24.8. The Kier molecular flexibility index (Phi) is 5.56. The highest BCUT2D eigenvalue weighted by Crippen LogP contribution is 2.23. The van der Waals surface area contributed by atoms with Crippen LogP contribution in [0, 0.1) is 0 Å². The zero-order chi connectivity index (χ0) is 18.5. The van der Waals surface area contributed by atoms with Crippen molar-refractivity contribution in [2.24, 2.45) is 0 Å². The molecular weight excluding hydrogens is 336 g/mol. The minimum absolute atomic E-state index is 0.328. The molecule has 1 heterocycles. The predicted molar refractivity (Wildman–Crippen MR) is 111 cm³/mol. The van der Waals surface area contributed by atoms with Gasteiger partial charge in [0.2, 0.25) is 0 Å². The van der Waals surface area contributed by atoms with Crippen LogP contribution in [0.2, 0.25) is 0 Å². The lowest BCUT2D eigenvalue weighted by molar-refractivity contribution is 0.0663. The van der Waals surface area contributed by atoms with E-state index in [0.717, 1.165) is 31.9 Å². The fourth-order valence-corrected chi connectivity index (χ4v) is 3.62. The molecule has 1 unspecified atom stereocenters. The van der Waals surface area contributed by atoms with Gasteiger partial charge < -0.3 is 14.7 Å². The molecule has 1 fully saturated rings. The number of para-hydroxylation sites is 1. The van der Waals surface area contributed by atoms with Crippen LogP contribution in [0.5, 0.6) is 5.75 Å². The van der Waals surface area contributed by atoms with E-state index in [2.05, 4.69) is 52.3 Å². The van der Waals surface area contributed by atoms with Gasteiger partial charge in [-0.2, -0.15) is 0 Å². The van der Waals surface area contributed by atoms with Crippen LogP contribution in [-0.2, 0) is 0 Å². The monoisotopic (exact) mass is 362 g/mol. The minimum atomic E-state index is -0.475. The van der Waals surface area contributed by atoms with Crippen LogP contribution in [0.25, 0.3) is 10.8 Å². The van der Waals surface area contributed by atoms with Gasteiger partial charge in [-0.25, -0.2) is 0 Å². The number of anilines is 1.